The van der Waals surface area contributed by atoms with Gasteiger partial charge in [0, 0.05) is 16.9 Å². The Morgan fingerprint density at radius 3 is 1.81 bits per heavy atom. The zero-order valence-electron chi connectivity index (χ0n) is 11.1. The van der Waals surface area contributed by atoms with E-state index in [1.807, 2.05) is 13.8 Å². The molecule has 0 aliphatic carbocycles. The van der Waals surface area contributed by atoms with Gasteiger partial charge in [-0.25, -0.2) is 0 Å². The molecule has 0 radical (unpaired) electrons. The van der Waals surface area contributed by atoms with Crippen molar-refractivity contribution in [3.05, 3.63) is 22.8 Å². The normalized spacial score (nSPS) is 13.1. The van der Waals surface area contributed by atoms with Gasteiger partial charge in [0.1, 0.15) is 0 Å². The average molecular weight is 220 g/mol. The summed E-state index contributed by atoms with van der Waals surface area (Å²) >= 11 is 0. The van der Waals surface area contributed by atoms with E-state index < -0.39 is 0 Å². The van der Waals surface area contributed by atoms with E-state index >= 15 is 0 Å². The maximum atomic E-state index is 6.15. The third kappa shape index (κ3) is 2.49. The van der Waals surface area contributed by atoms with Crippen molar-refractivity contribution < 1.29 is 0 Å². The molecule has 0 saturated heterocycles. The molecule has 1 rings (SSSR count). The average Bonchev–Trinajstić information content (AvgIpc) is 2.14. The van der Waals surface area contributed by atoms with Crippen LogP contribution in [0.5, 0.6) is 0 Å². The smallest absolute Gasteiger partial charge is 0.0399 e. The summed E-state index contributed by atoms with van der Waals surface area (Å²) in [6, 6.07) is 2.07. The van der Waals surface area contributed by atoms with Gasteiger partial charge in [0.05, 0.1) is 0 Å². The molecule has 0 bridgehead atoms. The fourth-order valence-electron chi connectivity index (χ4n) is 2.41. The van der Waals surface area contributed by atoms with Gasteiger partial charge in [-0.05, 0) is 43.2 Å². The van der Waals surface area contributed by atoms with E-state index in [-0.39, 0.29) is 0 Å². The molecule has 0 aliphatic heterocycles. The minimum atomic E-state index is 0.429. The zero-order valence-corrected chi connectivity index (χ0v) is 11.1. The first kappa shape index (κ1) is 12.9. The first-order valence-corrected chi connectivity index (χ1v) is 5.99. The van der Waals surface area contributed by atoms with Gasteiger partial charge < -0.3 is 11.5 Å². The molecular weight excluding hydrogens is 196 g/mol. The summed E-state index contributed by atoms with van der Waals surface area (Å²) in [7, 11) is 0. The van der Waals surface area contributed by atoms with Crippen LogP contribution in [-0.4, -0.2) is 0 Å². The van der Waals surface area contributed by atoms with Gasteiger partial charge in [0.2, 0.25) is 0 Å². The Morgan fingerprint density at radius 2 is 1.44 bits per heavy atom. The minimum absolute atomic E-state index is 0.429. The first-order valence-electron chi connectivity index (χ1n) is 5.99. The summed E-state index contributed by atoms with van der Waals surface area (Å²) in [6.45, 7) is 10.8. The summed E-state index contributed by atoms with van der Waals surface area (Å²) < 4.78 is 0. The Labute approximate surface area is 99.0 Å². The van der Waals surface area contributed by atoms with Crippen molar-refractivity contribution in [1.29, 1.82) is 0 Å². The lowest BCUT2D eigenvalue weighted by molar-refractivity contribution is 0.525. The third-order valence-corrected chi connectivity index (χ3v) is 3.18. The number of benzene rings is 1. The summed E-state index contributed by atoms with van der Waals surface area (Å²) in [4.78, 5) is 0. The van der Waals surface area contributed by atoms with Crippen LogP contribution in [0.3, 0.4) is 0 Å². The number of rotatable bonds is 3. The van der Waals surface area contributed by atoms with Gasteiger partial charge >= 0.3 is 0 Å². The van der Waals surface area contributed by atoms with Crippen LogP contribution >= 0.6 is 0 Å². The molecule has 1 unspecified atom stereocenters. The summed E-state index contributed by atoms with van der Waals surface area (Å²) in [6.07, 6.45) is 1.12. The molecule has 1 atom stereocenters. The molecule has 0 spiro atoms. The molecule has 0 heterocycles. The van der Waals surface area contributed by atoms with Gasteiger partial charge in [0.15, 0.2) is 0 Å². The van der Waals surface area contributed by atoms with Crippen molar-refractivity contribution >= 4 is 11.4 Å². The summed E-state index contributed by atoms with van der Waals surface area (Å²) in [5, 5.41) is 0. The van der Waals surface area contributed by atoms with Crippen molar-refractivity contribution in [2.24, 2.45) is 5.92 Å². The largest absolute Gasteiger partial charge is 0.398 e. The lowest BCUT2D eigenvalue weighted by Crippen LogP contribution is -2.09. The Balaban J connectivity index is 3.21. The van der Waals surface area contributed by atoms with Gasteiger partial charge in [-0.3, -0.25) is 0 Å². The van der Waals surface area contributed by atoms with E-state index in [4.69, 9.17) is 11.5 Å². The van der Waals surface area contributed by atoms with E-state index in [0.29, 0.717) is 11.8 Å². The molecular formula is C14H24N2. The second-order valence-electron chi connectivity index (χ2n) is 5.28. The molecule has 0 saturated carbocycles. The summed E-state index contributed by atoms with van der Waals surface area (Å²) in [5.41, 5.74) is 17.5. The van der Waals surface area contributed by atoms with Crippen molar-refractivity contribution in [2.75, 3.05) is 11.5 Å². The molecule has 0 aliphatic rings. The molecule has 0 amide bonds. The van der Waals surface area contributed by atoms with Crippen LogP contribution in [-0.2, 0) is 0 Å². The molecule has 0 aromatic heterocycles. The van der Waals surface area contributed by atoms with E-state index in [9.17, 15) is 0 Å². The first-order chi connectivity index (χ1) is 7.34. The van der Waals surface area contributed by atoms with E-state index in [2.05, 4.69) is 26.8 Å². The van der Waals surface area contributed by atoms with Crippen LogP contribution < -0.4 is 11.5 Å². The van der Waals surface area contributed by atoms with Gasteiger partial charge in [-0.15, -0.1) is 0 Å². The Bertz CT molecular complexity index is 355. The van der Waals surface area contributed by atoms with Gasteiger partial charge in [0.25, 0.3) is 0 Å². The Morgan fingerprint density at radius 1 is 1.00 bits per heavy atom. The SMILES string of the molecule is Cc1cc(C)c(N)c(C(C)CC(C)C)c1N. The number of nitrogens with two attached hydrogens (primary N) is 2. The van der Waals surface area contributed by atoms with Crippen molar-refractivity contribution in [2.45, 2.75) is 47.0 Å². The van der Waals surface area contributed by atoms with Crippen LogP contribution in [0, 0.1) is 19.8 Å². The summed E-state index contributed by atoms with van der Waals surface area (Å²) in [5.74, 6) is 1.09. The molecule has 0 fully saturated rings. The fraction of sp³-hybridized carbons (Fsp3) is 0.571. The molecule has 2 heteroatoms. The second-order valence-corrected chi connectivity index (χ2v) is 5.28. The van der Waals surface area contributed by atoms with Crippen LogP contribution in [0.4, 0.5) is 11.4 Å². The predicted molar refractivity (Wildman–Crippen MR) is 72.6 cm³/mol. The number of nitrogen functional groups attached to an aromatic ring is 2. The Hall–Kier alpha value is -1.18. The number of hydrogen-bond acceptors (Lipinski definition) is 2. The van der Waals surface area contributed by atoms with Gasteiger partial charge in [-0.2, -0.15) is 0 Å². The maximum absolute atomic E-state index is 6.15. The van der Waals surface area contributed by atoms with Crippen molar-refractivity contribution in [3.63, 3.8) is 0 Å². The molecule has 1 aromatic carbocycles. The highest BCUT2D eigenvalue weighted by Gasteiger charge is 2.17. The lowest BCUT2D eigenvalue weighted by Gasteiger charge is -2.21. The quantitative estimate of drug-likeness (QED) is 0.764. The molecule has 1 aromatic rings. The van der Waals surface area contributed by atoms with Crippen LogP contribution in [0.2, 0.25) is 0 Å². The molecule has 4 N–H and O–H groups in total. The number of anilines is 2. The van der Waals surface area contributed by atoms with Crippen molar-refractivity contribution in [1.82, 2.24) is 0 Å². The topological polar surface area (TPSA) is 52.0 Å². The van der Waals surface area contributed by atoms with Gasteiger partial charge in [-0.1, -0.05) is 26.8 Å². The van der Waals surface area contributed by atoms with E-state index in [1.165, 1.54) is 0 Å². The standard InChI is InChI=1S/C14H24N2/c1-8(2)6-9(3)12-13(15)10(4)7-11(5)14(12)16/h7-9H,6,15-16H2,1-5H3. The third-order valence-electron chi connectivity index (χ3n) is 3.18. The Kier molecular flexibility index (Phi) is 3.84. The second kappa shape index (κ2) is 4.77. The molecule has 16 heavy (non-hydrogen) atoms. The minimum Gasteiger partial charge on any atom is -0.398 e. The highest BCUT2D eigenvalue weighted by atomic mass is 14.6. The van der Waals surface area contributed by atoms with Crippen LogP contribution in [0.1, 0.15) is 49.8 Å². The van der Waals surface area contributed by atoms with Crippen LogP contribution in [0.15, 0.2) is 6.07 Å². The number of hydrogen-bond donors (Lipinski definition) is 2. The number of aryl methyl sites for hydroxylation is 2. The highest BCUT2D eigenvalue weighted by molar-refractivity contribution is 5.69. The maximum Gasteiger partial charge on any atom is 0.0399 e. The zero-order chi connectivity index (χ0) is 12.5. The highest BCUT2D eigenvalue weighted by Crippen LogP contribution is 2.36. The van der Waals surface area contributed by atoms with Crippen LogP contribution in [0.25, 0.3) is 0 Å². The van der Waals surface area contributed by atoms with Crippen molar-refractivity contribution in [3.8, 4) is 0 Å². The molecule has 90 valence electrons. The monoisotopic (exact) mass is 220 g/mol. The fourth-order valence-corrected chi connectivity index (χ4v) is 2.41. The van der Waals surface area contributed by atoms with E-state index in [0.717, 1.165) is 34.5 Å². The predicted octanol–water partition coefficient (Wildman–Crippen LogP) is 3.62. The van der Waals surface area contributed by atoms with E-state index in [1.54, 1.807) is 0 Å². The molecule has 2 nitrogen and oxygen atoms in total. The lowest BCUT2D eigenvalue weighted by atomic mass is 9.87.